The average molecular weight is 308 g/mol. The van der Waals surface area contributed by atoms with Crippen molar-refractivity contribution in [3.63, 3.8) is 0 Å². The minimum Gasteiger partial charge on any atom is -0.478 e. The van der Waals surface area contributed by atoms with Gasteiger partial charge in [0.25, 0.3) is 5.91 Å². The van der Waals surface area contributed by atoms with Crippen LogP contribution >= 0.6 is 22.9 Å². The van der Waals surface area contributed by atoms with Crippen LogP contribution < -0.4 is 5.32 Å². The number of benzene rings is 1. The van der Waals surface area contributed by atoms with E-state index in [1.165, 1.54) is 17.4 Å². The first-order chi connectivity index (χ1) is 9.56. The van der Waals surface area contributed by atoms with Gasteiger partial charge in [0.15, 0.2) is 0 Å². The van der Waals surface area contributed by atoms with E-state index < -0.39 is 5.97 Å². The van der Waals surface area contributed by atoms with Gasteiger partial charge in [-0.25, -0.2) is 4.79 Å². The smallest absolute Gasteiger partial charge is 0.328 e. The summed E-state index contributed by atoms with van der Waals surface area (Å²) in [5, 5.41) is 13.4. The van der Waals surface area contributed by atoms with Crippen molar-refractivity contribution in [2.45, 2.75) is 0 Å². The van der Waals surface area contributed by atoms with Crippen LogP contribution in [0.5, 0.6) is 0 Å². The first-order valence-corrected chi connectivity index (χ1v) is 6.87. The highest BCUT2D eigenvalue weighted by atomic mass is 35.5. The first kappa shape index (κ1) is 14.3. The second-order valence-corrected chi connectivity index (χ2v) is 5.19. The van der Waals surface area contributed by atoms with E-state index in [0.29, 0.717) is 21.2 Å². The number of nitrogens with one attached hydrogen (secondary N) is 1. The molecule has 0 aliphatic carbocycles. The molecular weight excluding hydrogens is 298 g/mol. The summed E-state index contributed by atoms with van der Waals surface area (Å²) in [5.74, 6) is -1.32. The molecule has 1 aromatic carbocycles. The zero-order valence-electron chi connectivity index (χ0n) is 10.2. The number of carboxylic acids is 1. The van der Waals surface area contributed by atoms with E-state index in [9.17, 15) is 9.59 Å². The number of para-hydroxylation sites is 1. The minimum atomic E-state index is -1.03. The Balaban J connectivity index is 2.10. The number of hydrogen-bond donors (Lipinski definition) is 2. The quantitative estimate of drug-likeness (QED) is 0.845. The Bertz CT molecular complexity index is 679. The second kappa shape index (κ2) is 6.36. The molecule has 1 aromatic heterocycles. The van der Waals surface area contributed by atoms with Crippen LogP contribution in [0, 0.1) is 0 Å². The maximum atomic E-state index is 12.0. The number of carbonyl (C=O) groups excluding carboxylic acids is 1. The van der Waals surface area contributed by atoms with Gasteiger partial charge in [-0.1, -0.05) is 23.7 Å². The van der Waals surface area contributed by atoms with Gasteiger partial charge in [0.1, 0.15) is 0 Å². The zero-order valence-corrected chi connectivity index (χ0v) is 11.7. The maximum Gasteiger partial charge on any atom is 0.328 e. The Morgan fingerprint density at radius 3 is 2.75 bits per heavy atom. The predicted octanol–water partition coefficient (Wildman–Crippen LogP) is 3.75. The topological polar surface area (TPSA) is 66.4 Å². The molecule has 1 amide bonds. The van der Waals surface area contributed by atoms with Crippen LogP contribution in [0.2, 0.25) is 5.02 Å². The van der Waals surface area contributed by atoms with Crippen molar-refractivity contribution in [2.24, 2.45) is 0 Å². The summed E-state index contributed by atoms with van der Waals surface area (Å²) < 4.78 is 0. The monoisotopic (exact) mass is 307 g/mol. The third-order valence-corrected chi connectivity index (χ3v) is 3.62. The van der Waals surface area contributed by atoms with Crippen LogP contribution in [0.25, 0.3) is 6.08 Å². The van der Waals surface area contributed by atoms with Crippen LogP contribution in [0.15, 0.2) is 41.8 Å². The Hall–Kier alpha value is -2.11. The van der Waals surface area contributed by atoms with Gasteiger partial charge in [-0.3, -0.25) is 4.79 Å². The fourth-order valence-electron chi connectivity index (χ4n) is 1.47. The molecule has 1 heterocycles. The van der Waals surface area contributed by atoms with Crippen molar-refractivity contribution in [3.05, 3.63) is 57.3 Å². The van der Waals surface area contributed by atoms with Gasteiger partial charge in [-0.15, -0.1) is 11.3 Å². The number of anilines is 1. The lowest BCUT2D eigenvalue weighted by molar-refractivity contribution is -0.131. The molecule has 0 atom stereocenters. The molecule has 0 aliphatic heterocycles. The summed E-state index contributed by atoms with van der Waals surface area (Å²) in [5.41, 5.74) is 0.993. The molecule has 2 rings (SSSR count). The third-order valence-electron chi connectivity index (χ3n) is 2.39. The largest absolute Gasteiger partial charge is 0.478 e. The molecule has 0 bridgehead atoms. The molecule has 0 spiro atoms. The molecule has 0 saturated carbocycles. The summed E-state index contributed by atoms with van der Waals surface area (Å²) in [7, 11) is 0. The van der Waals surface area contributed by atoms with Gasteiger partial charge in [-0.2, -0.15) is 0 Å². The predicted molar refractivity (Wildman–Crippen MR) is 80.4 cm³/mol. The van der Waals surface area contributed by atoms with Gasteiger partial charge in [0.05, 0.1) is 16.3 Å². The number of thiophene rings is 1. The van der Waals surface area contributed by atoms with E-state index in [4.69, 9.17) is 16.7 Å². The lowest BCUT2D eigenvalue weighted by Crippen LogP contribution is -2.10. The highest BCUT2D eigenvalue weighted by Gasteiger charge is 2.09. The van der Waals surface area contributed by atoms with E-state index >= 15 is 0 Å². The van der Waals surface area contributed by atoms with Gasteiger partial charge < -0.3 is 10.4 Å². The van der Waals surface area contributed by atoms with Gasteiger partial charge in [0, 0.05) is 16.3 Å². The van der Waals surface area contributed by atoms with Gasteiger partial charge >= 0.3 is 5.97 Å². The fraction of sp³-hybridized carbons (Fsp3) is 0. The van der Waals surface area contributed by atoms with E-state index in [-0.39, 0.29) is 5.91 Å². The third kappa shape index (κ3) is 3.69. The second-order valence-electron chi connectivity index (χ2n) is 3.84. The standard InChI is InChI=1S/C14H10ClNO3S/c15-11-3-1-2-4-12(11)16-14(19)9-7-10(20-8-9)5-6-13(17)18/h1-8H,(H,16,19)(H,17,18). The van der Waals surface area contributed by atoms with Crippen LogP contribution in [0.3, 0.4) is 0 Å². The highest BCUT2D eigenvalue weighted by Crippen LogP contribution is 2.22. The van der Waals surface area contributed by atoms with E-state index in [1.807, 2.05) is 0 Å². The summed E-state index contributed by atoms with van der Waals surface area (Å²) in [4.78, 5) is 23.1. The lowest BCUT2D eigenvalue weighted by atomic mass is 10.2. The number of carboxylic acid groups (broad SMARTS) is 1. The summed E-state index contributed by atoms with van der Waals surface area (Å²) in [6, 6.07) is 8.56. The number of rotatable bonds is 4. The van der Waals surface area contributed by atoms with Crippen LogP contribution in [0.1, 0.15) is 15.2 Å². The minimum absolute atomic E-state index is 0.288. The molecule has 0 fully saturated rings. The van der Waals surface area contributed by atoms with E-state index in [0.717, 1.165) is 6.08 Å². The first-order valence-electron chi connectivity index (χ1n) is 5.61. The summed E-state index contributed by atoms with van der Waals surface area (Å²) in [6.07, 6.45) is 2.47. The van der Waals surface area contributed by atoms with Crippen LogP contribution in [0.4, 0.5) is 5.69 Å². The van der Waals surface area contributed by atoms with Crippen molar-refractivity contribution in [2.75, 3.05) is 5.32 Å². The fourth-order valence-corrected chi connectivity index (χ4v) is 2.43. The summed E-state index contributed by atoms with van der Waals surface area (Å²) in [6.45, 7) is 0. The normalized spacial score (nSPS) is 10.7. The molecule has 102 valence electrons. The number of halogens is 1. The molecular formula is C14H10ClNO3S. The molecule has 2 aromatic rings. The number of aliphatic carboxylic acids is 1. The molecule has 0 aliphatic rings. The molecule has 4 nitrogen and oxygen atoms in total. The van der Waals surface area contributed by atoms with Crippen molar-refractivity contribution in [3.8, 4) is 0 Å². The van der Waals surface area contributed by atoms with Crippen LogP contribution in [-0.2, 0) is 4.79 Å². The molecule has 2 N–H and O–H groups in total. The molecule has 6 heteroatoms. The molecule has 0 radical (unpaired) electrons. The van der Waals surface area contributed by atoms with Crippen molar-refractivity contribution in [1.82, 2.24) is 0 Å². The van der Waals surface area contributed by atoms with Crippen LogP contribution in [-0.4, -0.2) is 17.0 Å². The Kier molecular flexibility index (Phi) is 4.55. The van der Waals surface area contributed by atoms with E-state index in [2.05, 4.69) is 5.32 Å². The lowest BCUT2D eigenvalue weighted by Gasteiger charge is -2.05. The SMILES string of the molecule is O=C(O)C=Cc1cc(C(=O)Nc2ccccc2Cl)cs1. The van der Waals surface area contributed by atoms with Gasteiger partial charge in [0.2, 0.25) is 0 Å². The Labute approximate surface area is 124 Å². The van der Waals surface area contributed by atoms with Crippen molar-refractivity contribution >= 4 is 46.6 Å². The van der Waals surface area contributed by atoms with E-state index in [1.54, 1.807) is 35.7 Å². The summed E-state index contributed by atoms with van der Waals surface area (Å²) >= 11 is 7.25. The number of amides is 1. The van der Waals surface area contributed by atoms with Crippen molar-refractivity contribution in [1.29, 1.82) is 0 Å². The average Bonchev–Trinajstić information content (AvgIpc) is 2.88. The van der Waals surface area contributed by atoms with Gasteiger partial charge in [-0.05, 0) is 24.3 Å². The highest BCUT2D eigenvalue weighted by molar-refractivity contribution is 7.11. The molecule has 0 saturated heterocycles. The molecule has 20 heavy (non-hydrogen) atoms. The Morgan fingerprint density at radius 1 is 1.30 bits per heavy atom. The number of hydrogen-bond acceptors (Lipinski definition) is 3. The maximum absolute atomic E-state index is 12.0. The number of carbonyl (C=O) groups is 2. The Morgan fingerprint density at radius 2 is 2.05 bits per heavy atom. The van der Waals surface area contributed by atoms with Crippen molar-refractivity contribution < 1.29 is 14.7 Å². The molecule has 0 unspecified atom stereocenters. The zero-order chi connectivity index (χ0) is 14.5.